The van der Waals surface area contributed by atoms with Crippen molar-refractivity contribution in [2.75, 3.05) is 25.6 Å². The maximum absolute atomic E-state index is 12.1. The van der Waals surface area contributed by atoms with Gasteiger partial charge in [0.2, 0.25) is 11.8 Å². The SMILES string of the molecule is COC(=O)c1nc(N[C@H]2CC[C@H](C)CC2)nc(O[C@@H]2CCOC2)c1I. The van der Waals surface area contributed by atoms with Crippen LogP contribution in [0.1, 0.15) is 49.5 Å². The topological polar surface area (TPSA) is 82.6 Å². The normalized spacial score (nSPS) is 26.3. The summed E-state index contributed by atoms with van der Waals surface area (Å²) in [5.74, 6) is 1.12. The summed E-state index contributed by atoms with van der Waals surface area (Å²) in [6.07, 6.45) is 5.31. The van der Waals surface area contributed by atoms with Crippen molar-refractivity contribution in [1.82, 2.24) is 9.97 Å². The lowest BCUT2D eigenvalue weighted by atomic mass is 9.87. The Morgan fingerprint density at radius 3 is 2.64 bits per heavy atom. The molecular formula is C17H24IN3O4. The molecule has 1 aliphatic carbocycles. The number of esters is 1. The molecule has 1 aromatic heterocycles. The quantitative estimate of drug-likeness (QED) is 0.533. The number of aromatic nitrogens is 2. The van der Waals surface area contributed by atoms with Crippen LogP contribution in [0.2, 0.25) is 0 Å². The number of carbonyl (C=O) groups is 1. The molecule has 8 heteroatoms. The van der Waals surface area contributed by atoms with Crippen molar-refractivity contribution in [2.45, 2.75) is 51.2 Å². The van der Waals surface area contributed by atoms with Gasteiger partial charge < -0.3 is 19.5 Å². The van der Waals surface area contributed by atoms with Crippen molar-refractivity contribution in [3.05, 3.63) is 9.26 Å². The van der Waals surface area contributed by atoms with Crippen LogP contribution in [0.15, 0.2) is 0 Å². The van der Waals surface area contributed by atoms with Gasteiger partial charge in [0.1, 0.15) is 9.67 Å². The van der Waals surface area contributed by atoms with Gasteiger partial charge in [-0.1, -0.05) is 6.92 Å². The van der Waals surface area contributed by atoms with Crippen molar-refractivity contribution in [1.29, 1.82) is 0 Å². The van der Waals surface area contributed by atoms with Crippen LogP contribution in [0.4, 0.5) is 5.95 Å². The largest absolute Gasteiger partial charge is 0.471 e. The molecule has 0 aromatic carbocycles. The number of methoxy groups -OCH3 is 1. The van der Waals surface area contributed by atoms with Gasteiger partial charge >= 0.3 is 5.97 Å². The zero-order chi connectivity index (χ0) is 17.8. The molecule has 1 aromatic rings. The Kier molecular flexibility index (Phi) is 6.32. The number of hydrogen-bond acceptors (Lipinski definition) is 7. The molecule has 0 spiro atoms. The molecule has 0 unspecified atom stereocenters. The zero-order valence-electron chi connectivity index (χ0n) is 14.6. The second kappa shape index (κ2) is 8.48. The second-order valence-electron chi connectivity index (χ2n) is 6.71. The lowest BCUT2D eigenvalue weighted by Crippen LogP contribution is -2.27. The van der Waals surface area contributed by atoms with Crippen molar-refractivity contribution in [3.8, 4) is 5.88 Å². The minimum atomic E-state index is -0.486. The molecule has 138 valence electrons. The van der Waals surface area contributed by atoms with Gasteiger partial charge in [-0.25, -0.2) is 9.78 Å². The van der Waals surface area contributed by atoms with Crippen LogP contribution in [0, 0.1) is 9.49 Å². The predicted octanol–water partition coefficient (Wildman–Crippen LogP) is 3.03. The highest BCUT2D eigenvalue weighted by atomic mass is 127. The fourth-order valence-electron chi connectivity index (χ4n) is 3.15. The third-order valence-electron chi connectivity index (χ3n) is 4.71. The predicted molar refractivity (Wildman–Crippen MR) is 101 cm³/mol. The van der Waals surface area contributed by atoms with E-state index < -0.39 is 5.97 Å². The Balaban J connectivity index is 1.81. The first-order valence-corrected chi connectivity index (χ1v) is 9.81. The summed E-state index contributed by atoms with van der Waals surface area (Å²) in [5.41, 5.74) is 0.235. The minimum absolute atomic E-state index is 0.0442. The summed E-state index contributed by atoms with van der Waals surface area (Å²) < 4.78 is 16.7. The number of nitrogens with zero attached hydrogens (tertiary/aromatic N) is 2. The summed E-state index contributed by atoms with van der Waals surface area (Å²) >= 11 is 2.04. The number of ether oxygens (including phenoxy) is 3. The number of anilines is 1. The van der Waals surface area contributed by atoms with Gasteiger partial charge in [0, 0.05) is 12.5 Å². The average Bonchev–Trinajstić information content (AvgIpc) is 3.12. The number of halogens is 1. The van der Waals surface area contributed by atoms with E-state index in [0.717, 1.165) is 25.2 Å². The van der Waals surface area contributed by atoms with Gasteiger partial charge in [-0.3, -0.25) is 0 Å². The van der Waals surface area contributed by atoms with Crippen molar-refractivity contribution in [2.24, 2.45) is 5.92 Å². The third-order valence-corrected chi connectivity index (χ3v) is 5.69. The van der Waals surface area contributed by atoms with E-state index in [2.05, 4.69) is 22.2 Å². The van der Waals surface area contributed by atoms with Gasteiger partial charge in [-0.05, 0) is 54.2 Å². The van der Waals surface area contributed by atoms with Crippen LogP contribution < -0.4 is 10.1 Å². The van der Waals surface area contributed by atoms with E-state index >= 15 is 0 Å². The monoisotopic (exact) mass is 461 g/mol. The fraction of sp³-hybridized carbons (Fsp3) is 0.706. The van der Waals surface area contributed by atoms with E-state index in [1.54, 1.807) is 0 Å². The Bertz CT molecular complexity index is 614. The molecule has 1 N–H and O–H groups in total. The van der Waals surface area contributed by atoms with Gasteiger partial charge in [-0.2, -0.15) is 4.98 Å². The zero-order valence-corrected chi connectivity index (χ0v) is 16.7. The van der Waals surface area contributed by atoms with Crippen molar-refractivity contribution >= 4 is 34.5 Å². The van der Waals surface area contributed by atoms with E-state index in [0.29, 0.717) is 34.7 Å². The molecule has 0 amide bonds. The summed E-state index contributed by atoms with van der Waals surface area (Å²) in [6, 6.07) is 0.324. The number of nitrogens with one attached hydrogen (secondary N) is 1. The summed E-state index contributed by atoms with van der Waals surface area (Å²) in [5, 5.41) is 3.37. The van der Waals surface area contributed by atoms with Gasteiger partial charge in [0.25, 0.3) is 0 Å². The Morgan fingerprint density at radius 2 is 2.00 bits per heavy atom. The molecule has 0 radical (unpaired) electrons. The Hall–Kier alpha value is -1.16. The standard InChI is InChI=1S/C17H24IN3O4/c1-10-3-5-11(6-4-10)19-17-20-14(16(22)23-2)13(18)15(21-17)25-12-7-8-24-9-12/h10-12H,3-9H2,1-2H3,(H,19,20,21)/t10-,11-,12-/m1/s1. The molecule has 3 rings (SSSR count). The first-order chi connectivity index (χ1) is 12.1. The lowest BCUT2D eigenvalue weighted by Gasteiger charge is -2.27. The molecule has 7 nitrogen and oxygen atoms in total. The van der Waals surface area contributed by atoms with Crippen LogP contribution in [0.3, 0.4) is 0 Å². The third kappa shape index (κ3) is 4.72. The van der Waals surface area contributed by atoms with Crippen LogP contribution in [-0.4, -0.2) is 48.4 Å². The van der Waals surface area contributed by atoms with Crippen LogP contribution >= 0.6 is 22.6 Å². The van der Waals surface area contributed by atoms with E-state index in [1.165, 1.54) is 20.0 Å². The number of carbonyl (C=O) groups excluding carboxylic acids is 1. The molecular weight excluding hydrogens is 437 g/mol. The minimum Gasteiger partial charge on any atom is -0.471 e. The van der Waals surface area contributed by atoms with E-state index in [1.807, 2.05) is 22.6 Å². The molecule has 0 bridgehead atoms. The number of rotatable bonds is 5. The molecule has 1 saturated carbocycles. The molecule has 1 atom stereocenters. The maximum atomic E-state index is 12.1. The molecule has 25 heavy (non-hydrogen) atoms. The highest BCUT2D eigenvalue weighted by Gasteiger charge is 2.26. The van der Waals surface area contributed by atoms with Crippen molar-refractivity contribution in [3.63, 3.8) is 0 Å². The molecule has 2 fully saturated rings. The summed E-state index contributed by atoms with van der Waals surface area (Å²) in [6.45, 7) is 3.50. The van der Waals surface area contributed by atoms with Gasteiger partial charge in [0.05, 0.1) is 20.3 Å². The molecule has 1 saturated heterocycles. The maximum Gasteiger partial charge on any atom is 0.358 e. The van der Waals surface area contributed by atoms with E-state index in [-0.39, 0.29) is 11.8 Å². The Morgan fingerprint density at radius 1 is 1.24 bits per heavy atom. The van der Waals surface area contributed by atoms with Crippen LogP contribution in [0.25, 0.3) is 0 Å². The highest BCUT2D eigenvalue weighted by molar-refractivity contribution is 14.1. The van der Waals surface area contributed by atoms with Gasteiger partial charge in [-0.15, -0.1) is 0 Å². The first kappa shape index (κ1) is 18.6. The van der Waals surface area contributed by atoms with Crippen molar-refractivity contribution < 1.29 is 19.0 Å². The molecule has 1 aliphatic heterocycles. The number of hydrogen-bond donors (Lipinski definition) is 1. The summed E-state index contributed by atoms with van der Waals surface area (Å²) in [4.78, 5) is 21.0. The molecule has 2 aliphatic rings. The van der Waals surface area contributed by atoms with Crippen LogP contribution in [-0.2, 0) is 9.47 Å². The van der Waals surface area contributed by atoms with E-state index in [4.69, 9.17) is 14.2 Å². The summed E-state index contributed by atoms with van der Waals surface area (Å²) in [7, 11) is 1.35. The van der Waals surface area contributed by atoms with Gasteiger partial charge in [0.15, 0.2) is 5.69 Å². The molecule has 2 heterocycles. The smallest absolute Gasteiger partial charge is 0.358 e. The average molecular weight is 461 g/mol. The van der Waals surface area contributed by atoms with Crippen LogP contribution in [0.5, 0.6) is 5.88 Å². The van der Waals surface area contributed by atoms with E-state index in [9.17, 15) is 4.79 Å². The Labute approximate surface area is 161 Å². The first-order valence-electron chi connectivity index (χ1n) is 8.73. The fourth-order valence-corrected chi connectivity index (χ4v) is 3.74. The second-order valence-corrected chi connectivity index (χ2v) is 7.79. The highest BCUT2D eigenvalue weighted by Crippen LogP contribution is 2.29. The lowest BCUT2D eigenvalue weighted by molar-refractivity contribution is 0.0591.